The molecule has 0 heterocycles. The molecule has 0 aliphatic rings. The van der Waals surface area contributed by atoms with Crippen molar-refractivity contribution in [1.29, 1.82) is 0 Å². The van der Waals surface area contributed by atoms with E-state index in [9.17, 15) is 9.18 Å². The fourth-order valence-electron chi connectivity index (χ4n) is 1.81. The SMILES string of the molecule is Cc1ccc(Br)c(NCc2cc(C(=O)O)ccc2F)c1. The Kier molecular flexibility index (Phi) is 4.39. The van der Waals surface area contributed by atoms with Gasteiger partial charge < -0.3 is 10.4 Å². The minimum Gasteiger partial charge on any atom is -0.478 e. The van der Waals surface area contributed by atoms with Crippen LogP contribution in [0.4, 0.5) is 10.1 Å². The third-order valence-corrected chi connectivity index (χ3v) is 3.58. The summed E-state index contributed by atoms with van der Waals surface area (Å²) in [6.07, 6.45) is 0. The van der Waals surface area contributed by atoms with Crippen molar-refractivity contribution in [3.05, 3.63) is 63.4 Å². The molecule has 0 atom stereocenters. The molecule has 2 N–H and O–H groups in total. The Labute approximate surface area is 124 Å². The summed E-state index contributed by atoms with van der Waals surface area (Å²) < 4.78 is 14.5. The van der Waals surface area contributed by atoms with Crippen LogP contribution in [0.5, 0.6) is 0 Å². The highest BCUT2D eigenvalue weighted by Gasteiger charge is 2.09. The molecule has 0 radical (unpaired) electrons. The van der Waals surface area contributed by atoms with E-state index >= 15 is 0 Å². The number of aryl methyl sites for hydroxylation is 1. The lowest BCUT2D eigenvalue weighted by atomic mass is 10.1. The average molecular weight is 338 g/mol. The lowest BCUT2D eigenvalue weighted by Crippen LogP contribution is -2.05. The maximum atomic E-state index is 13.7. The zero-order valence-electron chi connectivity index (χ0n) is 10.8. The number of carboxylic acids is 1. The van der Waals surface area contributed by atoms with Crippen LogP contribution in [0.1, 0.15) is 21.5 Å². The highest BCUT2D eigenvalue weighted by Crippen LogP contribution is 2.24. The third kappa shape index (κ3) is 3.36. The minimum atomic E-state index is -1.07. The van der Waals surface area contributed by atoms with E-state index in [4.69, 9.17) is 5.11 Å². The lowest BCUT2D eigenvalue weighted by molar-refractivity contribution is 0.0696. The summed E-state index contributed by atoms with van der Waals surface area (Å²) >= 11 is 3.41. The number of hydrogen-bond acceptors (Lipinski definition) is 2. The molecule has 20 heavy (non-hydrogen) atoms. The van der Waals surface area contributed by atoms with Crippen molar-refractivity contribution >= 4 is 27.6 Å². The van der Waals surface area contributed by atoms with E-state index < -0.39 is 11.8 Å². The summed E-state index contributed by atoms with van der Waals surface area (Å²) in [5, 5.41) is 12.0. The Morgan fingerprint density at radius 2 is 2.05 bits per heavy atom. The Bertz CT molecular complexity index is 658. The van der Waals surface area contributed by atoms with Crippen LogP contribution in [0.25, 0.3) is 0 Å². The van der Waals surface area contributed by atoms with Crippen LogP contribution in [0.2, 0.25) is 0 Å². The molecule has 0 aromatic heterocycles. The number of halogens is 2. The van der Waals surface area contributed by atoms with Crippen molar-refractivity contribution in [3.63, 3.8) is 0 Å². The number of nitrogens with one attached hydrogen (secondary N) is 1. The van der Waals surface area contributed by atoms with E-state index in [0.717, 1.165) is 15.7 Å². The van der Waals surface area contributed by atoms with Crippen LogP contribution in [-0.4, -0.2) is 11.1 Å². The van der Waals surface area contributed by atoms with Gasteiger partial charge in [0.05, 0.1) is 5.56 Å². The quantitative estimate of drug-likeness (QED) is 0.878. The highest BCUT2D eigenvalue weighted by molar-refractivity contribution is 9.10. The summed E-state index contributed by atoms with van der Waals surface area (Å²) in [4.78, 5) is 10.9. The molecular weight excluding hydrogens is 325 g/mol. The molecule has 2 aromatic carbocycles. The van der Waals surface area contributed by atoms with Crippen molar-refractivity contribution in [2.75, 3.05) is 5.32 Å². The van der Waals surface area contributed by atoms with Crippen molar-refractivity contribution in [2.24, 2.45) is 0 Å². The number of rotatable bonds is 4. The van der Waals surface area contributed by atoms with Crippen LogP contribution >= 0.6 is 15.9 Å². The first kappa shape index (κ1) is 14.5. The third-order valence-electron chi connectivity index (χ3n) is 2.88. The number of anilines is 1. The predicted molar refractivity (Wildman–Crippen MR) is 79.6 cm³/mol. The monoisotopic (exact) mass is 337 g/mol. The van der Waals surface area contributed by atoms with Gasteiger partial charge in [0.2, 0.25) is 0 Å². The lowest BCUT2D eigenvalue weighted by Gasteiger charge is -2.11. The largest absolute Gasteiger partial charge is 0.478 e. The first-order valence-corrected chi connectivity index (χ1v) is 6.78. The van der Waals surface area contributed by atoms with Gasteiger partial charge in [0.15, 0.2) is 0 Å². The molecule has 0 saturated carbocycles. The molecule has 3 nitrogen and oxygen atoms in total. The number of benzene rings is 2. The first-order valence-electron chi connectivity index (χ1n) is 5.99. The van der Waals surface area contributed by atoms with Gasteiger partial charge in [-0.05, 0) is 58.7 Å². The van der Waals surface area contributed by atoms with Crippen LogP contribution < -0.4 is 5.32 Å². The molecule has 0 unspecified atom stereocenters. The van der Waals surface area contributed by atoms with Gasteiger partial charge in [-0.15, -0.1) is 0 Å². The van der Waals surface area contributed by atoms with E-state index in [0.29, 0.717) is 5.56 Å². The summed E-state index contributed by atoms with van der Waals surface area (Å²) in [5.74, 6) is -1.49. The van der Waals surface area contributed by atoms with Gasteiger partial charge in [0, 0.05) is 22.3 Å². The second-order valence-corrected chi connectivity index (χ2v) is 5.30. The first-order chi connectivity index (χ1) is 9.47. The van der Waals surface area contributed by atoms with Crippen molar-refractivity contribution in [1.82, 2.24) is 0 Å². The van der Waals surface area contributed by atoms with Crippen molar-refractivity contribution < 1.29 is 14.3 Å². The van der Waals surface area contributed by atoms with Gasteiger partial charge >= 0.3 is 5.97 Å². The van der Waals surface area contributed by atoms with Crippen LogP contribution in [0.3, 0.4) is 0 Å². The van der Waals surface area contributed by atoms with Crippen LogP contribution in [0, 0.1) is 12.7 Å². The van der Waals surface area contributed by atoms with E-state index in [-0.39, 0.29) is 12.1 Å². The molecule has 5 heteroatoms. The minimum absolute atomic E-state index is 0.0755. The maximum absolute atomic E-state index is 13.7. The number of aromatic carboxylic acids is 1. The molecule has 0 bridgehead atoms. The molecule has 2 rings (SSSR count). The van der Waals surface area contributed by atoms with E-state index in [1.54, 1.807) is 0 Å². The van der Waals surface area contributed by atoms with Gasteiger partial charge in [-0.1, -0.05) is 6.07 Å². The molecule has 0 aliphatic carbocycles. The Morgan fingerprint density at radius 3 is 2.75 bits per heavy atom. The van der Waals surface area contributed by atoms with Crippen LogP contribution in [0.15, 0.2) is 40.9 Å². The van der Waals surface area contributed by atoms with E-state index in [1.807, 2.05) is 25.1 Å². The van der Waals surface area contributed by atoms with Gasteiger partial charge in [-0.25, -0.2) is 9.18 Å². The average Bonchev–Trinajstić information content (AvgIpc) is 2.41. The zero-order valence-corrected chi connectivity index (χ0v) is 12.4. The summed E-state index contributed by atoms with van der Waals surface area (Å²) in [7, 11) is 0. The van der Waals surface area contributed by atoms with Crippen molar-refractivity contribution in [3.8, 4) is 0 Å². The maximum Gasteiger partial charge on any atom is 0.335 e. The summed E-state index contributed by atoms with van der Waals surface area (Å²) in [5.41, 5.74) is 2.31. The van der Waals surface area contributed by atoms with E-state index in [2.05, 4.69) is 21.2 Å². The van der Waals surface area contributed by atoms with Gasteiger partial charge in [-0.3, -0.25) is 0 Å². The Balaban J connectivity index is 2.20. The normalized spacial score (nSPS) is 10.3. The number of carbonyl (C=O) groups is 1. The summed E-state index contributed by atoms with van der Waals surface area (Å²) in [6.45, 7) is 2.18. The van der Waals surface area contributed by atoms with Crippen molar-refractivity contribution in [2.45, 2.75) is 13.5 Å². The molecule has 0 fully saturated rings. The molecular formula is C15H13BrFNO2. The van der Waals surface area contributed by atoms with Crippen LogP contribution in [-0.2, 0) is 6.54 Å². The molecule has 0 aliphatic heterocycles. The predicted octanol–water partition coefficient (Wildman–Crippen LogP) is 4.21. The molecule has 104 valence electrons. The molecule has 0 amide bonds. The van der Waals surface area contributed by atoms with Gasteiger partial charge in [0.25, 0.3) is 0 Å². The topological polar surface area (TPSA) is 49.3 Å². The summed E-state index contributed by atoms with van der Waals surface area (Å²) in [6, 6.07) is 9.56. The number of carboxylic acid groups (broad SMARTS) is 1. The molecule has 0 saturated heterocycles. The van der Waals surface area contributed by atoms with Gasteiger partial charge in [0.1, 0.15) is 5.82 Å². The fourth-order valence-corrected chi connectivity index (χ4v) is 2.20. The Morgan fingerprint density at radius 1 is 1.30 bits per heavy atom. The smallest absolute Gasteiger partial charge is 0.335 e. The zero-order chi connectivity index (χ0) is 14.7. The fraction of sp³-hybridized carbons (Fsp3) is 0.133. The molecule has 2 aromatic rings. The Hall–Kier alpha value is -1.88. The van der Waals surface area contributed by atoms with E-state index in [1.165, 1.54) is 18.2 Å². The standard InChI is InChI=1S/C15H13BrFNO2/c1-9-2-4-12(16)14(6-9)18-8-11-7-10(15(19)20)3-5-13(11)17/h2-7,18H,8H2,1H3,(H,19,20). The molecule has 0 spiro atoms. The highest BCUT2D eigenvalue weighted by atomic mass is 79.9. The second kappa shape index (κ2) is 6.05. The number of hydrogen-bond donors (Lipinski definition) is 2. The van der Waals surface area contributed by atoms with Gasteiger partial charge in [-0.2, -0.15) is 0 Å². The second-order valence-electron chi connectivity index (χ2n) is 4.45.